The van der Waals surface area contributed by atoms with Crippen molar-refractivity contribution in [3.63, 3.8) is 0 Å². The van der Waals surface area contributed by atoms with Crippen molar-refractivity contribution in [2.45, 2.75) is 19.9 Å². The summed E-state index contributed by atoms with van der Waals surface area (Å²) in [7, 11) is 0. The third-order valence-electron chi connectivity index (χ3n) is 4.49. The Balaban J connectivity index is 1.56. The lowest BCUT2D eigenvalue weighted by Gasteiger charge is -2.13. The zero-order valence-electron chi connectivity index (χ0n) is 18.1. The SMILES string of the molecule is CC(C)NC(=O)Nc1cccc(C(=O)NCCN2C(=O)S/C(=C\c3ccccc3F)C2=O)c1. The standard InChI is InChI=1S/C23H23FN4O4S/c1-14(2)26-22(31)27-17-8-5-7-16(12-17)20(29)25-10-11-28-21(30)19(33-23(28)32)13-15-6-3-4-9-18(15)24/h3-9,12-14H,10-11H2,1-2H3,(H,25,29)(H2,26,27,31)/b19-13-. The van der Waals surface area contributed by atoms with Gasteiger partial charge in [-0.2, -0.15) is 0 Å². The van der Waals surface area contributed by atoms with E-state index in [4.69, 9.17) is 0 Å². The molecule has 0 bridgehead atoms. The summed E-state index contributed by atoms with van der Waals surface area (Å²) in [6.45, 7) is 3.67. The summed E-state index contributed by atoms with van der Waals surface area (Å²) in [6.07, 6.45) is 1.34. The second-order valence-electron chi connectivity index (χ2n) is 7.44. The maximum Gasteiger partial charge on any atom is 0.319 e. The molecule has 0 atom stereocenters. The van der Waals surface area contributed by atoms with Gasteiger partial charge in [0.2, 0.25) is 0 Å². The molecule has 2 aromatic rings. The number of anilines is 1. The summed E-state index contributed by atoms with van der Waals surface area (Å²) in [5.41, 5.74) is 0.975. The van der Waals surface area contributed by atoms with Crippen molar-refractivity contribution in [2.24, 2.45) is 0 Å². The fraction of sp³-hybridized carbons (Fsp3) is 0.217. The predicted octanol–water partition coefficient (Wildman–Crippen LogP) is 3.82. The molecule has 2 aromatic carbocycles. The topological polar surface area (TPSA) is 108 Å². The van der Waals surface area contributed by atoms with E-state index in [0.717, 1.165) is 16.7 Å². The Morgan fingerprint density at radius 3 is 2.61 bits per heavy atom. The van der Waals surface area contributed by atoms with E-state index in [2.05, 4.69) is 16.0 Å². The molecule has 3 N–H and O–H groups in total. The molecular formula is C23H23FN4O4S. The zero-order chi connectivity index (χ0) is 24.0. The number of imide groups is 1. The van der Waals surface area contributed by atoms with Gasteiger partial charge in [0.1, 0.15) is 5.82 Å². The van der Waals surface area contributed by atoms with Crippen LogP contribution in [0.15, 0.2) is 53.4 Å². The number of thioether (sulfide) groups is 1. The minimum atomic E-state index is -0.537. The largest absolute Gasteiger partial charge is 0.350 e. The average molecular weight is 471 g/mol. The van der Waals surface area contributed by atoms with Crippen molar-refractivity contribution in [1.82, 2.24) is 15.5 Å². The highest BCUT2D eigenvalue weighted by molar-refractivity contribution is 8.18. The van der Waals surface area contributed by atoms with Crippen LogP contribution in [0, 0.1) is 5.82 Å². The number of halogens is 1. The predicted molar refractivity (Wildman–Crippen MR) is 125 cm³/mol. The molecule has 8 nitrogen and oxygen atoms in total. The quantitative estimate of drug-likeness (QED) is 0.533. The lowest BCUT2D eigenvalue weighted by atomic mass is 10.2. The van der Waals surface area contributed by atoms with Gasteiger partial charge in [-0.3, -0.25) is 19.3 Å². The molecule has 1 aliphatic heterocycles. The minimum Gasteiger partial charge on any atom is -0.350 e. The molecule has 1 saturated heterocycles. The van der Waals surface area contributed by atoms with Crippen LogP contribution in [0.2, 0.25) is 0 Å². The molecule has 3 rings (SSSR count). The number of hydrogen-bond donors (Lipinski definition) is 3. The van der Waals surface area contributed by atoms with Crippen molar-refractivity contribution in [1.29, 1.82) is 0 Å². The van der Waals surface area contributed by atoms with Gasteiger partial charge in [-0.1, -0.05) is 24.3 Å². The van der Waals surface area contributed by atoms with Gasteiger partial charge in [0.15, 0.2) is 0 Å². The second kappa shape index (κ2) is 10.8. The monoisotopic (exact) mass is 470 g/mol. The van der Waals surface area contributed by atoms with Crippen molar-refractivity contribution >= 4 is 46.6 Å². The van der Waals surface area contributed by atoms with E-state index in [-0.39, 0.29) is 35.6 Å². The minimum absolute atomic E-state index is 0.0280. The number of nitrogens with one attached hydrogen (secondary N) is 3. The van der Waals surface area contributed by atoms with Crippen molar-refractivity contribution in [3.8, 4) is 0 Å². The van der Waals surface area contributed by atoms with Gasteiger partial charge in [0.25, 0.3) is 17.1 Å². The molecule has 0 aromatic heterocycles. The second-order valence-corrected chi connectivity index (χ2v) is 8.44. The first-order chi connectivity index (χ1) is 15.7. The Morgan fingerprint density at radius 2 is 1.88 bits per heavy atom. The third-order valence-corrected chi connectivity index (χ3v) is 5.40. The lowest BCUT2D eigenvalue weighted by Crippen LogP contribution is -2.37. The lowest BCUT2D eigenvalue weighted by molar-refractivity contribution is -0.122. The van der Waals surface area contributed by atoms with Crippen LogP contribution in [0.1, 0.15) is 29.8 Å². The van der Waals surface area contributed by atoms with Gasteiger partial charge in [0.05, 0.1) is 4.91 Å². The van der Waals surface area contributed by atoms with Gasteiger partial charge < -0.3 is 16.0 Å². The normalized spacial score (nSPS) is 14.7. The van der Waals surface area contributed by atoms with E-state index in [9.17, 15) is 23.6 Å². The highest BCUT2D eigenvalue weighted by atomic mass is 32.2. The summed E-state index contributed by atoms with van der Waals surface area (Å²) in [6, 6.07) is 11.9. The first kappa shape index (κ1) is 24.0. The molecule has 0 radical (unpaired) electrons. The Kier molecular flexibility index (Phi) is 7.83. The molecular weight excluding hydrogens is 447 g/mol. The van der Waals surface area contributed by atoms with Gasteiger partial charge in [-0.05, 0) is 56.0 Å². The van der Waals surface area contributed by atoms with E-state index in [0.29, 0.717) is 11.3 Å². The number of nitrogens with zero attached hydrogens (tertiary/aromatic N) is 1. The van der Waals surface area contributed by atoms with E-state index >= 15 is 0 Å². The van der Waals surface area contributed by atoms with Gasteiger partial charge in [-0.15, -0.1) is 0 Å². The summed E-state index contributed by atoms with van der Waals surface area (Å²) >= 11 is 0.725. The molecule has 0 saturated carbocycles. The molecule has 10 heteroatoms. The van der Waals surface area contributed by atoms with Crippen molar-refractivity contribution in [2.75, 3.05) is 18.4 Å². The fourth-order valence-corrected chi connectivity index (χ4v) is 3.83. The van der Waals surface area contributed by atoms with Crippen LogP contribution < -0.4 is 16.0 Å². The molecule has 5 amide bonds. The summed E-state index contributed by atoms with van der Waals surface area (Å²) in [5, 5.41) is 7.50. The van der Waals surface area contributed by atoms with E-state index in [1.807, 2.05) is 13.8 Å². The van der Waals surface area contributed by atoms with Crippen LogP contribution in [-0.4, -0.2) is 47.1 Å². The summed E-state index contributed by atoms with van der Waals surface area (Å²) < 4.78 is 13.8. The number of benzene rings is 2. The number of rotatable bonds is 7. The molecule has 1 heterocycles. The number of urea groups is 1. The molecule has 1 fully saturated rings. The Hall–Kier alpha value is -3.66. The summed E-state index contributed by atoms with van der Waals surface area (Å²) in [4.78, 5) is 50.2. The van der Waals surface area contributed by atoms with Crippen LogP contribution in [0.4, 0.5) is 19.7 Å². The maximum atomic E-state index is 13.8. The third kappa shape index (κ3) is 6.42. The highest BCUT2D eigenvalue weighted by Crippen LogP contribution is 2.32. The van der Waals surface area contributed by atoms with Gasteiger partial charge in [-0.25, -0.2) is 9.18 Å². The first-order valence-electron chi connectivity index (χ1n) is 10.2. The van der Waals surface area contributed by atoms with Crippen molar-refractivity contribution in [3.05, 3.63) is 70.4 Å². The molecule has 0 spiro atoms. The molecule has 33 heavy (non-hydrogen) atoms. The summed E-state index contributed by atoms with van der Waals surface area (Å²) in [5.74, 6) is -1.45. The average Bonchev–Trinajstić information content (AvgIpc) is 3.02. The number of carbonyl (C=O) groups is 4. The highest BCUT2D eigenvalue weighted by Gasteiger charge is 2.34. The Bertz CT molecular complexity index is 1120. The smallest absolute Gasteiger partial charge is 0.319 e. The number of amides is 5. The molecule has 0 unspecified atom stereocenters. The molecule has 172 valence electrons. The molecule has 0 aliphatic carbocycles. The van der Waals surface area contributed by atoms with E-state index < -0.39 is 22.9 Å². The first-order valence-corrected chi connectivity index (χ1v) is 11.0. The fourth-order valence-electron chi connectivity index (χ4n) is 2.98. The van der Waals surface area contributed by atoms with Gasteiger partial charge in [0, 0.05) is 35.9 Å². The van der Waals surface area contributed by atoms with Crippen LogP contribution in [0.5, 0.6) is 0 Å². The van der Waals surface area contributed by atoms with Crippen molar-refractivity contribution < 1.29 is 23.6 Å². The van der Waals surface area contributed by atoms with Crippen LogP contribution >= 0.6 is 11.8 Å². The van der Waals surface area contributed by atoms with E-state index in [1.165, 1.54) is 30.3 Å². The van der Waals surface area contributed by atoms with Crippen LogP contribution in [-0.2, 0) is 4.79 Å². The van der Waals surface area contributed by atoms with Gasteiger partial charge >= 0.3 is 6.03 Å². The molecule has 1 aliphatic rings. The number of carbonyl (C=O) groups excluding carboxylic acids is 4. The van der Waals surface area contributed by atoms with Crippen LogP contribution in [0.25, 0.3) is 6.08 Å². The zero-order valence-corrected chi connectivity index (χ0v) is 18.9. The van der Waals surface area contributed by atoms with E-state index in [1.54, 1.807) is 24.3 Å². The van der Waals surface area contributed by atoms with Crippen LogP contribution in [0.3, 0.4) is 0 Å². The maximum absolute atomic E-state index is 13.8. The Labute approximate surface area is 194 Å². The Morgan fingerprint density at radius 1 is 1.12 bits per heavy atom. The number of hydrogen-bond acceptors (Lipinski definition) is 5.